The van der Waals surface area contributed by atoms with Crippen LogP contribution in [0.3, 0.4) is 0 Å². The Morgan fingerprint density at radius 2 is 2.05 bits per heavy atom. The normalized spacial score (nSPS) is 17.3. The number of fused-ring (bicyclic) bond motifs is 1. The van der Waals surface area contributed by atoms with E-state index in [0.717, 1.165) is 30.2 Å². The van der Waals surface area contributed by atoms with Gasteiger partial charge in [-0.25, -0.2) is 14.4 Å². The number of benzene rings is 1. The first-order valence-corrected chi connectivity index (χ1v) is 7.09. The van der Waals surface area contributed by atoms with E-state index in [1.807, 2.05) is 6.07 Å². The zero-order valence-corrected chi connectivity index (χ0v) is 11.4. The lowest BCUT2D eigenvalue weighted by molar-refractivity contribution is 0.618. The lowest BCUT2D eigenvalue weighted by atomic mass is 10.1. The maximum absolute atomic E-state index is 13.4. The minimum atomic E-state index is -0.181. The Balaban J connectivity index is 1.85. The molecule has 1 aliphatic heterocycles. The zero-order chi connectivity index (χ0) is 13.7. The average Bonchev–Trinajstić information content (AvgIpc) is 3.18. The Kier molecular flexibility index (Phi) is 2.60. The standard InChI is InChI=1S/C16H16FN3/c1-9-6-11(4-5-13(9)17)16-19-14-8-18-7-12(14)15(20-16)10-2-3-10/h4-6,10,18H,2-3,7-8H2,1H3. The molecule has 0 radical (unpaired) electrons. The molecule has 20 heavy (non-hydrogen) atoms. The lowest BCUT2D eigenvalue weighted by Gasteiger charge is -2.09. The Hall–Kier alpha value is -1.81. The second-order valence-electron chi connectivity index (χ2n) is 5.70. The summed E-state index contributed by atoms with van der Waals surface area (Å²) in [6.45, 7) is 3.46. The number of aromatic nitrogens is 2. The topological polar surface area (TPSA) is 37.8 Å². The van der Waals surface area contributed by atoms with Gasteiger partial charge < -0.3 is 5.32 Å². The predicted octanol–water partition coefficient (Wildman–Crippen LogP) is 3.07. The fourth-order valence-corrected chi connectivity index (χ4v) is 2.80. The van der Waals surface area contributed by atoms with Crippen molar-refractivity contribution in [1.29, 1.82) is 0 Å². The van der Waals surface area contributed by atoms with Crippen LogP contribution in [0.1, 0.15) is 41.3 Å². The van der Waals surface area contributed by atoms with Crippen molar-refractivity contribution in [3.8, 4) is 11.4 Å². The lowest BCUT2D eigenvalue weighted by Crippen LogP contribution is -2.03. The van der Waals surface area contributed by atoms with Gasteiger partial charge in [0.15, 0.2) is 5.82 Å². The molecule has 0 saturated heterocycles. The van der Waals surface area contributed by atoms with Gasteiger partial charge in [0.05, 0.1) is 11.4 Å². The van der Waals surface area contributed by atoms with Gasteiger partial charge >= 0.3 is 0 Å². The Labute approximate surface area is 117 Å². The van der Waals surface area contributed by atoms with Crippen molar-refractivity contribution in [3.05, 3.63) is 46.5 Å². The van der Waals surface area contributed by atoms with E-state index in [1.54, 1.807) is 13.0 Å². The molecule has 2 aromatic rings. The van der Waals surface area contributed by atoms with Gasteiger partial charge in [-0.05, 0) is 43.5 Å². The van der Waals surface area contributed by atoms with Crippen LogP contribution in [-0.2, 0) is 13.1 Å². The van der Waals surface area contributed by atoms with Crippen LogP contribution >= 0.6 is 0 Å². The summed E-state index contributed by atoms with van der Waals surface area (Å²) in [5, 5.41) is 3.35. The van der Waals surface area contributed by atoms with E-state index >= 15 is 0 Å². The van der Waals surface area contributed by atoms with Crippen LogP contribution in [-0.4, -0.2) is 9.97 Å². The number of nitrogens with zero attached hydrogens (tertiary/aromatic N) is 2. The number of aryl methyl sites for hydroxylation is 1. The molecule has 0 atom stereocenters. The molecule has 1 fully saturated rings. The highest BCUT2D eigenvalue weighted by atomic mass is 19.1. The Morgan fingerprint density at radius 1 is 1.20 bits per heavy atom. The summed E-state index contributed by atoms with van der Waals surface area (Å²) in [5.74, 6) is 1.16. The first kappa shape index (κ1) is 12.0. The molecule has 0 amide bonds. The fourth-order valence-electron chi connectivity index (χ4n) is 2.80. The van der Waals surface area contributed by atoms with Crippen molar-refractivity contribution in [2.24, 2.45) is 0 Å². The van der Waals surface area contributed by atoms with Crippen LogP contribution in [0, 0.1) is 12.7 Å². The van der Waals surface area contributed by atoms with Crippen LogP contribution in [0.2, 0.25) is 0 Å². The van der Waals surface area contributed by atoms with Crippen molar-refractivity contribution >= 4 is 0 Å². The van der Waals surface area contributed by atoms with Crippen molar-refractivity contribution < 1.29 is 4.39 Å². The van der Waals surface area contributed by atoms with Crippen molar-refractivity contribution in [2.45, 2.75) is 38.8 Å². The van der Waals surface area contributed by atoms with E-state index in [4.69, 9.17) is 4.98 Å². The van der Waals surface area contributed by atoms with Crippen LogP contribution in [0.5, 0.6) is 0 Å². The monoisotopic (exact) mass is 269 g/mol. The molecule has 4 rings (SSSR count). The molecule has 0 spiro atoms. The number of hydrogen-bond acceptors (Lipinski definition) is 3. The van der Waals surface area contributed by atoms with Crippen molar-refractivity contribution in [3.63, 3.8) is 0 Å². The summed E-state index contributed by atoms with van der Waals surface area (Å²) < 4.78 is 13.4. The highest BCUT2D eigenvalue weighted by Gasteiger charge is 2.31. The summed E-state index contributed by atoms with van der Waals surface area (Å²) in [4.78, 5) is 9.44. The van der Waals surface area contributed by atoms with Gasteiger partial charge in [0.1, 0.15) is 5.82 Å². The molecule has 3 nitrogen and oxygen atoms in total. The maximum atomic E-state index is 13.4. The third kappa shape index (κ3) is 1.91. The predicted molar refractivity (Wildman–Crippen MR) is 74.7 cm³/mol. The Morgan fingerprint density at radius 3 is 2.80 bits per heavy atom. The molecule has 2 heterocycles. The van der Waals surface area contributed by atoms with Gasteiger partial charge in [-0.2, -0.15) is 0 Å². The largest absolute Gasteiger partial charge is 0.307 e. The molecular formula is C16H16FN3. The molecule has 0 unspecified atom stereocenters. The Bertz CT molecular complexity index is 692. The van der Waals surface area contributed by atoms with E-state index in [9.17, 15) is 4.39 Å². The first-order chi connectivity index (χ1) is 9.72. The highest BCUT2D eigenvalue weighted by Crippen LogP contribution is 2.42. The average molecular weight is 269 g/mol. The van der Waals surface area contributed by atoms with E-state index in [2.05, 4.69) is 10.3 Å². The van der Waals surface area contributed by atoms with E-state index in [0.29, 0.717) is 11.5 Å². The second-order valence-corrected chi connectivity index (χ2v) is 5.70. The van der Waals surface area contributed by atoms with E-state index < -0.39 is 0 Å². The van der Waals surface area contributed by atoms with Crippen LogP contribution in [0.15, 0.2) is 18.2 Å². The third-order valence-electron chi connectivity index (χ3n) is 4.10. The number of nitrogens with one attached hydrogen (secondary N) is 1. The summed E-state index contributed by atoms with van der Waals surface area (Å²) in [6.07, 6.45) is 2.46. The molecule has 0 bridgehead atoms. The number of halogens is 1. The van der Waals surface area contributed by atoms with Crippen molar-refractivity contribution in [2.75, 3.05) is 0 Å². The number of rotatable bonds is 2. The van der Waals surface area contributed by atoms with Gasteiger partial charge in [-0.15, -0.1) is 0 Å². The minimum absolute atomic E-state index is 0.181. The highest BCUT2D eigenvalue weighted by molar-refractivity contribution is 5.57. The minimum Gasteiger partial charge on any atom is -0.307 e. The third-order valence-corrected chi connectivity index (χ3v) is 4.10. The van der Waals surface area contributed by atoms with E-state index in [1.165, 1.54) is 30.2 Å². The van der Waals surface area contributed by atoms with Gasteiger partial charge in [0.2, 0.25) is 0 Å². The maximum Gasteiger partial charge on any atom is 0.159 e. The van der Waals surface area contributed by atoms with E-state index in [-0.39, 0.29) is 5.82 Å². The second kappa shape index (κ2) is 4.35. The molecule has 4 heteroatoms. The molecule has 1 saturated carbocycles. The molecule has 1 N–H and O–H groups in total. The number of hydrogen-bond donors (Lipinski definition) is 1. The van der Waals surface area contributed by atoms with Gasteiger partial charge in [-0.3, -0.25) is 0 Å². The van der Waals surface area contributed by atoms with Crippen LogP contribution in [0.25, 0.3) is 11.4 Å². The molecule has 1 aliphatic carbocycles. The fraction of sp³-hybridized carbons (Fsp3) is 0.375. The summed E-state index contributed by atoms with van der Waals surface area (Å²) >= 11 is 0. The van der Waals surface area contributed by atoms with Gasteiger partial charge in [0, 0.05) is 30.1 Å². The molecular weight excluding hydrogens is 253 g/mol. The summed E-state index contributed by atoms with van der Waals surface area (Å²) in [5.41, 5.74) is 5.14. The summed E-state index contributed by atoms with van der Waals surface area (Å²) in [6, 6.07) is 5.09. The quantitative estimate of drug-likeness (QED) is 0.910. The van der Waals surface area contributed by atoms with Crippen LogP contribution in [0.4, 0.5) is 4.39 Å². The SMILES string of the molecule is Cc1cc(-c2nc3c(c(C4CC4)n2)CNC3)ccc1F. The molecule has 102 valence electrons. The van der Waals surface area contributed by atoms with Crippen LogP contribution < -0.4 is 5.32 Å². The molecule has 2 aliphatic rings. The van der Waals surface area contributed by atoms with Gasteiger partial charge in [-0.1, -0.05) is 0 Å². The smallest absolute Gasteiger partial charge is 0.159 e. The first-order valence-electron chi connectivity index (χ1n) is 7.09. The molecule has 1 aromatic heterocycles. The zero-order valence-electron chi connectivity index (χ0n) is 11.4. The summed E-state index contributed by atoms with van der Waals surface area (Å²) in [7, 11) is 0. The molecule has 1 aromatic carbocycles. The van der Waals surface area contributed by atoms with Gasteiger partial charge in [0.25, 0.3) is 0 Å². The van der Waals surface area contributed by atoms with Crippen molar-refractivity contribution in [1.82, 2.24) is 15.3 Å².